The van der Waals surface area contributed by atoms with E-state index in [0.29, 0.717) is 25.0 Å². The van der Waals surface area contributed by atoms with E-state index >= 15 is 0 Å². The molecule has 1 heterocycles. The molecule has 1 saturated carbocycles. The predicted molar refractivity (Wildman–Crippen MR) is 87.1 cm³/mol. The van der Waals surface area contributed by atoms with E-state index in [1.165, 1.54) is 11.8 Å². The second-order valence-electron chi connectivity index (χ2n) is 7.47. The number of aliphatic hydroxyl groups is 1. The summed E-state index contributed by atoms with van der Waals surface area (Å²) in [5, 5.41) is 9.68. The quantitative estimate of drug-likeness (QED) is 0.909. The van der Waals surface area contributed by atoms with Gasteiger partial charge in [0.1, 0.15) is 18.1 Å². The minimum Gasteiger partial charge on any atom is -0.493 e. The monoisotopic (exact) mass is 316 g/mol. The van der Waals surface area contributed by atoms with Crippen molar-refractivity contribution in [3.8, 4) is 5.75 Å². The highest BCUT2D eigenvalue weighted by molar-refractivity contribution is 5.96. The molecule has 1 fully saturated rings. The molecular weight excluding hydrogens is 292 g/mol. The number of benzene rings is 1. The van der Waals surface area contributed by atoms with Crippen molar-refractivity contribution < 1.29 is 19.4 Å². The van der Waals surface area contributed by atoms with Gasteiger partial charge in [0.05, 0.1) is 12.0 Å². The molecule has 0 bridgehead atoms. The maximum atomic E-state index is 12.5. The van der Waals surface area contributed by atoms with Gasteiger partial charge in [-0.15, -0.1) is 0 Å². The lowest BCUT2D eigenvalue weighted by molar-refractivity contribution is -0.132. The van der Waals surface area contributed by atoms with Crippen molar-refractivity contribution in [2.75, 3.05) is 0 Å². The van der Waals surface area contributed by atoms with Gasteiger partial charge in [-0.2, -0.15) is 0 Å². The Morgan fingerprint density at radius 2 is 1.87 bits per heavy atom. The number of ether oxygens (including phenoxy) is 2. The summed E-state index contributed by atoms with van der Waals surface area (Å²) in [5.74, 6) is 0.668. The number of ketones is 1. The van der Waals surface area contributed by atoms with Crippen molar-refractivity contribution in [2.24, 2.45) is 5.92 Å². The Morgan fingerprint density at radius 1 is 1.17 bits per heavy atom. The van der Waals surface area contributed by atoms with E-state index in [1.54, 1.807) is 0 Å². The Kier molecular flexibility index (Phi) is 4.19. The molecule has 0 amide bonds. The highest BCUT2D eigenvalue weighted by Gasteiger charge is 2.40. The molecule has 3 rings (SSSR count). The first-order chi connectivity index (χ1) is 10.8. The topological polar surface area (TPSA) is 55.8 Å². The summed E-state index contributed by atoms with van der Waals surface area (Å²) in [7, 11) is 0. The van der Waals surface area contributed by atoms with E-state index in [1.807, 2.05) is 24.3 Å². The van der Waals surface area contributed by atoms with E-state index in [2.05, 4.69) is 20.8 Å². The Balaban J connectivity index is 1.72. The molecule has 0 aromatic heterocycles. The van der Waals surface area contributed by atoms with Crippen LogP contribution < -0.4 is 4.74 Å². The standard InChI is InChI=1S/C19H24O4/c1-19(2,3)12-4-7-14(8-5-12)23-17-11-22-16-10-13(20)6-9-15(16)18(17)21/h4-5,7-8,11,13,15-16,20H,6,9-10H2,1-3H3. The molecular formula is C19H24O4. The lowest BCUT2D eigenvalue weighted by Crippen LogP contribution is -2.41. The normalized spacial score (nSPS) is 27.7. The average Bonchev–Trinajstić information content (AvgIpc) is 2.50. The van der Waals surface area contributed by atoms with E-state index in [0.717, 1.165) is 0 Å². The van der Waals surface area contributed by atoms with Gasteiger partial charge in [-0.25, -0.2) is 0 Å². The third-order valence-corrected chi connectivity index (χ3v) is 4.64. The molecule has 0 spiro atoms. The van der Waals surface area contributed by atoms with Gasteiger partial charge < -0.3 is 14.6 Å². The number of carbonyl (C=O) groups is 1. The van der Waals surface area contributed by atoms with Crippen molar-refractivity contribution in [1.29, 1.82) is 0 Å². The van der Waals surface area contributed by atoms with Gasteiger partial charge in [-0.05, 0) is 36.0 Å². The third-order valence-electron chi connectivity index (χ3n) is 4.64. The minimum absolute atomic E-state index is 0.0203. The number of carbonyl (C=O) groups excluding carboxylic acids is 1. The molecule has 23 heavy (non-hydrogen) atoms. The fraction of sp³-hybridized carbons (Fsp3) is 0.526. The van der Waals surface area contributed by atoms with Crippen molar-refractivity contribution in [3.63, 3.8) is 0 Å². The smallest absolute Gasteiger partial charge is 0.207 e. The number of allylic oxidation sites excluding steroid dienone is 1. The number of rotatable bonds is 2. The van der Waals surface area contributed by atoms with Crippen LogP contribution in [0.4, 0.5) is 0 Å². The summed E-state index contributed by atoms with van der Waals surface area (Å²) in [4.78, 5) is 12.5. The van der Waals surface area contributed by atoms with Crippen LogP contribution in [0.15, 0.2) is 36.3 Å². The number of fused-ring (bicyclic) bond motifs is 1. The number of aliphatic hydroxyl groups excluding tert-OH is 1. The summed E-state index contributed by atoms with van der Waals surface area (Å²) in [5.41, 5.74) is 1.30. The average molecular weight is 316 g/mol. The molecule has 1 aromatic rings. The number of Topliss-reactive ketones (excluding diaryl/α,β-unsaturated/α-hetero) is 1. The maximum Gasteiger partial charge on any atom is 0.207 e. The summed E-state index contributed by atoms with van der Waals surface area (Å²) in [6, 6.07) is 7.80. The van der Waals surface area contributed by atoms with Crippen LogP contribution >= 0.6 is 0 Å². The zero-order valence-electron chi connectivity index (χ0n) is 13.9. The molecule has 3 atom stereocenters. The van der Waals surface area contributed by atoms with Gasteiger partial charge in [-0.1, -0.05) is 32.9 Å². The first kappa shape index (κ1) is 16.1. The van der Waals surface area contributed by atoms with Gasteiger partial charge in [0.25, 0.3) is 0 Å². The molecule has 0 radical (unpaired) electrons. The molecule has 1 aliphatic heterocycles. The van der Waals surface area contributed by atoms with Crippen LogP contribution in [-0.4, -0.2) is 23.1 Å². The maximum absolute atomic E-state index is 12.5. The van der Waals surface area contributed by atoms with Gasteiger partial charge in [-0.3, -0.25) is 4.79 Å². The molecule has 1 aromatic carbocycles. The van der Waals surface area contributed by atoms with Crippen LogP contribution in [0.3, 0.4) is 0 Å². The zero-order chi connectivity index (χ0) is 16.6. The summed E-state index contributed by atoms with van der Waals surface area (Å²) < 4.78 is 11.4. The molecule has 3 unspecified atom stereocenters. The minimum atomic E-state index is -0.370. The third kappa shape index (κ3) is 3.42. The Hall–Kier alpha value is -1.81. The fourth-order valence-corrected chi connectivity index (χ4v) is 3.17. The molecule has 124 valence electrons. The van der Waals surface area contributed by atoms with Crippen molar-refractivity contribution in [1.82, 2.24) is 0 Å². The highest BCUT2D eigenvalue weighted by Crippen LogP contribution is 2.34. The molecule has 1 N–H and O–H groups in total. The predicted octanol–water partition coefficient (Wildman–Crippen LogP) is 3.33. The van der Waals surface area contributed by atoms with Crippen LogP contribution in [0.1, 0.15) is 45.6 Å². The van der Waals surface area contributed by atoms with Crippen molar-refractivity contribution >= 4 is 5.78 Å². The van der Waals surface area contributed by atoms with E-state index in [4.69, 9.17) is 9.47 Å². The second kappa shape index (κ2) is 6.00. The molecule has 1 aliphatic carbocycles. The van der Waals surface area contributed by atoms with E-state index in [-0.39, 0.29) is 35.1 Å². The van der Waals surface area contributed by atoms with Crippen LogP contribution in [0.5, 0.6) is 5.75 Å². The summed E-state index contributed by atoms with van der Waals surface area (Å²) in [6.45, 7) is 6.46. The van der Waals surface area contributed by atoms with Gasteiger partial charge in [0.15, 0.2) is 0 Å². The first-order valence-electron chi connectivity index (χ1n) is 8.21. The molecule has 4 heteroatoms. The fourth-order valence-electron chi connectivity index (χ4n) is 3.17. The van der Waals surface area contributed by atoms with E-state index < -0.39 is 0 Å². The lowest BCUT2D eigenvalue weighted by Gasteiger charge is -2.35. The number of hydrogen-bond acceptors (Lipinski definition) is 4. The summed E-state index contributed by atoms with van der Waals surface area (Å²) >= 11 is 0. The Bertz CT molecular complexity index is 609. The highest BCUT2D eigenvalue weighted by atomic mass is 16.5. The van der Waals surface area contributed by atoms with Gasteiger partial charge >= 0.3 is 0 Å². The van der Waals surface area contributed by atoms with Crippen molar-refractivity contribution in [3.05, 3.63) is 41.9 Å². The van der Waals surface area contributed by atoms with E-state index in [9.17, 15) is 9.90 Å². The van der Waals surface area contributed by atoms with Crippen LogP contribution in [-0.2, 0) is 14.9 Å². The largest absolute Gasteiger partial charge is 0.493 e. The lowest BCUT2D eigenvalue weighted by atomic mass is 9.80. The van der Waals surface area contributed by atoms with Crippen LogP contribution in [0.2, 0.25) is 0 Å². The Morgan fingerprint density at radius 3 is 2.52 bits per heavy atom. The summed E-state index contributed by atoms with van der Waals surface area (Å²) in [6.07, 6.45) is 2.62. The van der Waals surface area contributed by atoms with Gasteiger partial charge in [0.2, 0.25) is 11.5 Å². The molecule has 4 nitrogen and oxygen atoms in total. The van der Waals surface area contributed by atoms with Crippen LogP contribution in [0.25, 0.3) is 0 Å². The van der Waals surface area contributed by atoms with Crippen molar-refractivity contribution in [2.45, 2.75) is 57.7 Å². The zero-order valence-corrected chi connectivity index (χ0v) is 13.9. The second-order valence-corrected chi connectivity index (χ2v) is 7.47. The first-order valence-corrected chi connectivity index (χ1v) is 8.21. The van der Waals surface area contributed by atoms with Gasteiger partial charge in [0, 0.05) is 6.42 Å². The SMILES string of the molecule is CC(C)(C)c1ccc(OC2=COC3CC(O)CCC3C2=O)cc1. The molecule has 2 aliphatic rings. The number of hydrogen-bond donors (Lipinski definition) is 1. The Labute approximate surface area is 137 Å². The van der Waals surface area contributed by atoms with Crippen LogP contribution in [0, 0.1) is 5.92 Å². The molecule has 0 saturated heterocycles.